The Kier molecular flexibility index (Phi) is 5.86. The van der Waals surface area contributed by atoms with Crippen LogP contribution in [0.1, 0.15) is 30.1 Å². The average Bonchev–Trinajstić information content (AvgIpc) is 3.07. The molecule has 1 amide bonds. The Balaban J connectivity index is 2.33. The molecule has 124 valence electrons. The Morgan fingerprint density at radius 2 is 2.38 bits per heavy atom. The Morgan fingerprint density at radius 3 is 2.96 bits per heavy atom. The van der Waals surface area contributed by atoms with E-state index in [0.29, 0.717) is 16.5 Å². The SMILES string of the molecule is CC[C@@H](CC#N)NC(=O)c1cc([N+](=O)[O-])ccc1Sc1ncn[nH]1. The third-order valence-corrected chi connectivity index (χ3v) is 4.15. The number of hydrogen-bond donors (Lipinski definition) is 2. The van der Waals surface area contributed by atoms with E-state index in [9.17, 15) is 14.9 Å². The van der Waals surface area contributed by atoms with E-state index in [1.807, 2.05) is 13.0 Å². The minimum atomic E-state index is -0.563. The van der Waals surface area contributed by atoms with E-state index in [1.54, 1.807) is 0 Å². The maximum atomic E-state index is 12.5. The molecule has 0 radical (unpaired) electrons. The Morgan fingerprint density at radius 1 is 1.58 bits per heavy atom. The summed E-state index contributed by atoms with van der Waals surface area (Å²) in [5, 5.41) is 29.3. The molecule has 1 aromatic heterocycles. The number of amides is 1. The number of nitro groups is 1. The molecule has 0 fully saturated rings. The second kappa shape index (κ2) is 8.07. The molecular weight excluding hydrogens is 332 g/mol. The van der Waals surface area contributed by atoms with Crippen LogP contribution < -0.4 is 5.32 Å². The summed E-state index contributed by atoms with van der Waals surface area (Å²) in [6.45, 7) is 1.85. The minimum Gasteiger partial charge on any atom is -0.348 e. The van der Waals surface area contributed by atoms with E-state index in [2.05, 4.69) is 20.5 Å². The summed E-state index contributed by atoms with van der Waals surface area (Å²) in [4.78, 5) is 27.4. The fourth-order valence-electron chi connectivity index (χ4n) is 1.92. The maximum absolute atomic E-state index is 12.5. The van der Waals surface area contributed by atoms with Gasteiger partial charge in [-0.3, -0.25) is 20.0 Å². The molecule has 9 nitrogen and oxygen atoms in total. The first-order chi connectivity index (χ1) is 11.5. The van der Waals surface area contributed by atoms with Gasteiger partial charge in [-0.25, -0.2) is 4.98 Å². The first kappa shape index (κ1) is 17.4. The van der Waals surface area contributed by atoms with Gasteiger partial charge in [-0.2, -0.15) is 10.4 Å². The van der Waals surface area contributed by atoms with E-state index < -0.39 is 10.8 Å². The lowest BCUT2D eigenvalue weighted by atomic mass is 10.1. The number of aromatic nitrogens is 3. The Bertz CT molecular complexity index is 771. The highest BCUT2D eigenvalue weighted by molar-refractivity contribution is 7.99. The molecule has 1 heterocycles. The van der Waals surface area contributed by atoms with Crippen molar-refractivity contribution in [1.82, 2.24) is 20.5 Å². The molecule has 0 spiro atoms. The number of aromatic amines is 1. The highest BCUT2D eigenvalue weighted by atomic mass is 32.2. The predicted octanol–water partition coefficient (Wildman–Crippen LogP) is 2.29. The molecular formula is C14H14N6O3S. The number of H-pyrrole nitrogens is 1. The number of hydrogen-bond acceptors (Lipinski definition) is 7. The Labute approximate surface area is 141 Å². The van der Waals surface area contributed by atoms with Gasteiger partial charge in [0.15, 0.2) is 5.16 Å². The molecule has 0 saturated heterocycles. The molecule has 1 aromatic carbocycles. The predicted molar refractivity (Wildman–Crippen MR) is 85.4 cm³/mol. The fourth-order valence-corrected chi connectivity index (χ4v) is 2.72. The molecule has 0 aliphatic carbocycles. The van der Waals surface area contributed by atoms with Gasteiger partial charge < -0.3 is 5.32 Å². The smallest absolute Gasteiger partial charge is 0.270 e. The summed E-state index contributed by atoms with van der Waals surface area (Å²) >= 11 is 1.14. The van der Waals surface area contributed by atoms with Crippen molar-refractivity contribution in [2.75, 3.05) is 0 Å². The highest BCUT2D eigenvalue weighted by Gasteiger charge is 2.20. The number of carbonyl (C=O) groups excluding carboxylic acids is 1. The highest BCUT2D eigenvalue weighted by Crippen LogP contribution is 2.30. The van der Waals surface area contributed by atoms with E-state index >= 15 is 0 Å². The Hall–Kier alpha value is -2.93. The van der Waals surface area contributed by atoms with E-state index in [1.165, 1.54) is 24.5 Å². The third-order valence-electron chi connectivity index (χ3n) is 3.18. The van der Waals surface area contributed by atoms with Crippen molar-refractivity contribution < 1.29 is 9.72 Å². The molecule has 1 atom stereocenters. The molecule has 24 heavy (non-hydrogen) atoms. The first-order valence-corrected chi connectivity index (χ1v) is 7.86. The number of benzene rings is 1. The quantitative estimate of drug-likeness (QED) is 0.579. The van der Waals surface area contributed by atoms with Gasteiger partial charge in [-0.1, -0.05) is 6.92 Å². The molecule has 2 N–H and O–H groups in total. The number of rotatable bonds is 7. The van der Waals surface area contributed by atoms with Crippen LogP contribution in [0.25, 0.3) is 0 Å². The van der Waals surface area contributed by atoms with Crippen molar-refractivity contribution in [3.05, 3.63) is 40.2 Å². The third kappa shape index (κ3) is 4.30. The molecule has 10 heteroatoms. The first-order valence-electron chi connectivity index (χ1n) is 7.04. The van der Waals surface area contributed by atoms with Crippen LogP contribution in [0, 0.1) is 21.4 Å². The second-order valence-electron chi connectivity index (χ2n) is 4.77. The summed E-state index contributed by atoms with van der Waals surface area (Å²) < 4.78 is 0. The lowest BCUT2D eigenvalue weighted by Gasteiger charge is -2.15. The van der Waals surface area contributed by atoms with Crippen LogP contribution in [0.3, 0.4) is 0 Å². The zero-order valence-corrected chi connectivity index (χ0v) is 13.5. The number of nitriles is 1. The van der Waals surface area contributed by atoms with Gasteiger partial charge in [-0.05, 0) is 24.2 Å². The molecule has 0 bridgehead atoms. The van der Waals surface area contributed by atoms with Crippen LogP contribution in [0.4, 0.5) is 5.69 Å². The lowest BCUT2D eigenvalue weighted by Crippen LogP contribution is -2.34. The normalized spacial score (nSPS) is 11.5. The second-order valence-corrected chi connectivity index (χ2v) is 5.80. The van der Waals surface area contributed by atoms with Gasteiger partial charge in [0.05, 0.1) is 23.0 Å². The average molecular weight is 346 g/mol. The standard InChI is InChI=1S/C14H14N6O3S/c1-2-9(5-6-15)18-13(21)11-7-10(20(22)23)3-4-12(11)24-14-16-8-17-19-14/h3-4,7-9H,2,5H2,1H3,(H,18,21)(H,16,17,19)/t9-/m0/s1. The zero-order valence-electron chi connectivity index (χ0n) is 12.7. The van der Waals surface area contributed by atoms with Crippen LogP contribution in [0.2, 0.25) is 0 Å². The summed E-state index contributed by atoms with van der Waals surface area (Å²) in [7, 11) is 0. The van der Waals surface area contributed by atoms with Gasteiger partial charge in [0, 0.05) is 23.1 Å². The number of non-ortho nitro benzene ring substituents is 1. The van der Waals surface area contributed by atoms with Gasteiger partial charge in [0.25, 0.3) is 11.6 Å². The molecule has 0 unspecified atom stereocenters. The minimum absolute atomic E-state index is 0.155. The summed E-state index contributed by atoms with van der Waals surface area (Å²) in [5.74, 6) is -0.470. The van der Waals surface area contributed by atoms with Crippen molar-refractivity contribution in [1.29, 1.82) is 5.26 Å². The number of carbonyl (C=O) groups is 1. The van der Waals surface area contributed by atoms with Crippen molar-refractivity contribution in [2.45, 2.75) is 35.9 Å². The maximum Gasteiger partial charge on any atom is 0.270 e. The van der Waals surface area contributed by atoms with E-state index in [-0.39, 0.29) is 23.7 Å². The van der Waals surface area contributed by atoms with Crippen molar-refractivity contribution in [2.24, 2.45) is 0 Å². The molecule has 0 saturated carbocycles. The van der Waals surface area contributed by atoms with Gasteiger partial charge >= 0.3 is 0 Å². The molecule has 2 rings (SSSR count). The van der Waals surface area contributed by atoms with Crippen LogP contribution in [0.5, 0.6) is 0 Å². The van der Waals surface area contributed by atoms with E-state index in [4.69, 9.17) is 5.26 Å². The van der Waals surface area contributed by atoms with Crippen molar-refractivity contribution >= 4 is 23.4 Å². The monoisotopic (exact) mass is 346 g/mol. The lowest BCUT2D eigenvalue weighted by molar-refractivity contribution is -0.384. The van der Waals surface area contributed by atoms with Gasteiger partial charge in [0.1, 0.15) is 6.33 Å². The van der Waals surface area contributed by atoms with Crippen LogP contribution >= 0.6 is 11.8 Å². The van der Waals surface area contributed by atoms with Crippen molar-refractivity contribution in [3.8, 4) is 6.07 Å². The summed E-state index contributed by atoms with van der Waals surface area (Å²) in [6, 6.07) is 5.72. The summed E-state index contributed by atoms with van der Waals surface area (Å²) in [6.07, 6.45) is 2.08. The summed E-state index contributed by atoms with van der Waals surface area (Å²) in [5.41, 5.74) is -0.0302. The number of nitro benzene ring substituents is 1. The van der Waals surface area contributed by atoms with Crippen molar-refractivity contribution in [3.63, 3.8) is 0 Å². The van der Waals surface area contributed by atoms with Crippen LogP contribution in [-0.2, 0) is 0 Å². The molecule has 0 aliphatic rings. The molecule has 2 aromatic rings. The fraction of sp³-hybridized carbons (Fsp3) is 0.286. The van der Waals surface area contributed by atoms with Crippen LogP contribution in [0.15, 0.2) is 34.6 Å². The van der Waals surface area contributed by atoms with Gasteiger partial charge in [-0.15, -0.1) is 0 Å². The molecule has 0 aliphatic heterocycles. The van der Waals surface area contributed by atoms with E-state index in [0.717, 1.165) is 11.8 Å². The van der Waals surface area contributed by atoms with Crippen LogP contribution in [-0.4, -0.2) is 32.1 Å². The zero-order chi connectivity index (χ0) is 17.5. The number of nitrogens with one attached hydrogen (secondary N) is 2. The largest absolute Gasteiger partial charge is 0.348 e. The topological polar surface area (TPSA) is 138 Å². The number of nitrogens with zero attached hydrogens (tertiary/aromatic N) is 4. The van der Waals surface area contributed by atoms with Gasteiger partial charge in [0.2, 0.25) is 0 Å².